The van der Waals surface area contributed by atoms with Crippen LogP contribution in [0, 0.1) is 0 Å². The fourth-order valence-electron chi connectivity index (χ4n) is 0.744. The maximum Gasteiger partial charge on any atom is 0.0799 e. The van der Waals surface area contributed by atoms with Crippen molar-refractivity contribution in [2.24, 2.45) is 5.73 Å². The minimum Gasteiger partial charge on any atom is -0.388 e. The number of nitrogens with zero attached hydrogens (tertiary/aromatic N) is 1. The summed E-state index contributed by atoms with van der Waals surface area (Å²) >= 11 is 1.34. The van der Waals surface area contributed by atoms with E-state index in [4.69, 9.17) is 5.73 Å². The highest BCUT2D eigenvalue weighted by molar-refractivity contribution is 7.03. The lowest BCUT2D eigenvalue weighted by molar-refractivity contribution is 0.0506. The van der Waals surface area contributed by atoms with Gasteiger partial charge in [-0.05, 0) is 31.4 Å². The van der Waals surface area contributed by atoms with Crippen LogP contribution < -0.4 is 5.73 Å². The average Bonchev–Trinajstić information content (AvgIpc) is 2.34. The number of hydrogen-bond donors (Lipinski definition) is 2. The molecule has 0 fully saturated rings. The zero-order valence-electron chi connectivity index (χ0n) is 6.61. The molecule has 11 heavy (non-hydrogen) atoms. The molecule has 0 aromatic carbocycles. The van der Waals surface area contributed by atoms with Crippen LogP contribution in [0.2, 0.25) is 0 Å². The predicted molar refractivity (Wildman–Crippen MR) is 45.3 cm³/mol. The van der Waals surface area contributed by atoms with Crippen LogP contribution in [0.1, 0.15) is 25.6 Å². The topological polar surface area (TPSA) is 59.1 Å². The largest absolute Gasteiger partial charge is 0.388 e. The number of aromatic nitrogens is 1. The highest BCUT2D eigenvalue weighted by atomic mass is 32.1. The first-order chi connectivity index (χ1) is 5.02. The van der Waals surface area contributed by atoms with Gasteiger partial charge in [-0.1, -0.05) is 0 Å². The molecule has 0 aliphatic carbocycles. The molecule has 4 heteroatoms. The van der Waals surface area contributed by atoms with Gasteiger partial charge in [0.05, 0.1) is 17.3 Å². The van der Waals surface area contributed by atoms with Crippen LogP contribution in [0.25, 0.3) is 0 Å². The van der Waals surface area contributed by atoms with Gasteiger partial charge in [0.15, 0.2) is 0 Å². The molecule has 0 saturated heterocycles. The monoisotopic (exact) mass is 172 g/mol. The zero-order valence-corrected chi connectivity index (χ0v) is 7.43. The summed E-state index contributed by atoms with van der Waals surface area (Å²) in [5.74, 6) is 0. The van der Waals surface area contributed by atoms with Crippen molar-refractivity contribution < 1.29 is 5.11 Å². The first-order valence-electron chi connectivity index (χ1n) is 3.40. The van der Waals surface area contributed by atoms with Gasteiger partial charge in [-0.15, -0.1) is 0 Å². The second-order valence-corrected chi connectivity index (χ2v) is 3.72. The van der Waals surface area contributed by atoms with Gasteiger partial charge >= 0.3 is 0 Å². The zero-order chi connectivity index (χ0) is 8.48. The number of hydrogen-bond acceptors (Lipinski definition) is 4. The Hall–Kier alpha value is -0.450. The van der Waals surface area contributed by atoms with E-state index in [1.165, 1.54) is 11.5 Å². The Labute approximate surface area is 70.0 Å². The maximum absolute atomic E-state index is 9.50. The standard InChI is InChI=1S/C7H12N2OS/c1-7(2,10)6(8)5-3-4-11-9-5/h3-4,6,10H,8H2,1-2H3. The van der Waals surface area contributed by atoms with E-state index in [9.17, 15) is 5.11 Å². The van der Waals surface area contributed by atoms with Crippen LogP contribution >= 0.6 is 11.5 Å². The van der Waals surface area contributed by atoms with E-state index in [1.54, 1.807) is 13.8 Å². The predicted octanol–water partition coefficient (Wildman–Crippen LogP) is 0.914. The number of aliphatic hydroxyl groups is 1. The summed E-state index contributed by atoms with van der Waals surface area (Å²) < 4.78 is 4.04. The lowest BCUT2D eigenvalue weighted by Gasteiger charge is -2.23. The van der Waals surface area contributed by atoms with E-state index in [0.717, 1.165) is 5.69 Å². The Morgan fingerprint density at radius 3 is 2.73 bits per heavy atom. The molecular weight excluding hydrogens is 160 g/mol. The molecule has 0 radical (unpaired) electrons. The van der Waals surface area contributed by atoms with Gasteiger partial charge in [0, 0.05) is 5.38 Å². The van der Waals surface area contributed by atoms with Crippen molar-refractivity contribution in [1.29, 1.82) is 0 Å². The molecule has 0 saturated carbocycles. The smallest absolute Gasteiger partial charge is 0.0799 e. The third-order valence-corrected chi connectivity index (χ3v) is 2.11. The van der Waals surface area contributed by atoms with E-state index in [0.29, 0.717) is 0 Å². The van der Waals surface area contributed by atoms with Crippen LogP contribution in [0.4, 0.5) is 0 Å². The number of nitrogens with two attached hydrogens (primary N) is 1. The van der Waals surface area contributed by atoms with E-state index in [2.05, 4.69) is 4.37 Å². The van der Waals surface area contributed by atoms with Gasteiger partial charge in [0.25, 0.3) is 0 Å². The van der Waals surface area contributed by atoms with Crippen molar-refractivity contribution in [3.63, 3.8) is 0 Å². The Bertz CT molecular complexity index is 215. The molecule has 0 bridgehead atoms. The van der Waals surface area contributed by atoms with E-state index in [-0.39, 0.29) is 0 Å². The van der Waals surface area contributed by atoms with Crippen molar-refractivity contribution in [3.05, 3.63) is 17.1 Å². The van der Waals surface area contributed by atoms with Crippen molar-refractivity contribution in [3.8, 4) is 0 Å². The summed E-state index contributed by atoms with van der Waals surface area (Å²) in [5.41, 5.74) is 5.57. The van der Waals surface area contributed by atoms with Crippen LogP contribution in [0.15, 0.2) is 11.4 Å². The molecule has 1 aromatic rings. The summed E-state index contributed by atoms with van der Waals surface area (Å²) in [7, 11) is 0. The minimum atomic E-state index is -0.895. The second-order valence-electron chi connectivity index (χ2n) is 3.06. The Balaban J connectivity index is 2.78. The van der Waals surface area contributed by atoms with E-state index in [1.807, 2.05) is 11.4 Å². The first-order valence-corrected chi connectivity index (χ1v) is 4.23. The molecule has 1 rings (SSSR count). The fourth-order valence-corrected chi connectivity index (χ4v) is 1.30. The maximum atomic E-state index is 9.50. The Morgan fingerprint density at radius 2 is 2.36 bits per heavy atom. The highest BCUT2D eigenvalue weighted by Gasteiger charge is 2.25. The minimum absolute atomic E-state index is 0.395. The van der Waals surface area contributed by atoms with Gasteiger partial charge in [-0.25, -0.2) is 0 Å². The molecule has 1 unspecified atom stereocenters. The van der Waals surface area contributed by atoms with Crippen molar-refractivity contribution >= 4 is 11.5 Å². The second kappa shape index (κ2) is 2.89. The third-order valence-electron chi connectivity index (χ3n) is 1.54. The molecule has 0 amide bonds. The normalized spacial score (nSPS) is 14.9. The van der Waals surface area contributed by atoms with Gasteiger partial charge < -0.3 is 10.8 Å². The van der Waals surface area contributed by atoms with Crippen LogP contribution in [-0.4, -0.2) is 15.1 Å². The SMILES string of the molecule is CC(C)(O)C(N)c1ccsn1. The summed E-state index contributed by atoms with van der Waals surface area (Å²) in [6.07, 6.45) is 0. The van der Waals surface area contributed by atoms with E-state index >= 15 is 0 Å². The molecule has 62 valence electrons. The van der Waals surface area contributed by atoms with Crippen LogP contribution in [0.3, 0.4) is 0 Å². The molecule has 3 nitrogen and oxygen atoms in total. The Kier molecular flexibility index (Phi) is 2.27. The third kappa shape index (κ3) is 1.99. The molecule has 0 aliphatic rings. The molecule has 1 atom stereocenters. The quantitative estimate of drug-likeness (QED) is 0.697. The van der Waals surface area contributed by atoms with E-state index < -0.39 is 11.6 Å². The molecule has 3 N–H and O–H groups in total. The Morgan fingerprint density at radius 1 is 1.73 bits per heavy atom. The summed E-state index contributed by atoms with van der Waals surface area (Å²) in [6, 6.07) is 1.43. The summed E-state index contributed by atoms with van der Waals surface area (Å²) in [4.78, 5) is 0. The van der Waals surface area contributed by atoms with Crippen molar-refractivity contribution in [1.82, 2.24) is 4.37 Å². The molecular formula is C7H12N2OS. The first kappa shape index (κ1) is 8.64. The van der Waals surface area contributed by atoms with Crippen molar-refractivity contribution in [2.45, 2.75) is 25.5 Å². The summed E-state index contributed by atoms with van der Waals surface area (Å²) in [6.45, 7) is 3.36. The number of rotatable bonds is 2. The average molecular weight is 172 g/mol. The molecule has 1 aromatic heterocycles. The van der Waals surface area contributed by atoms with Gasteiger partial charge in [-0.3, -0.25) is 0 Å². The van der Waals surface area contributed by atoms with Crippen LogP contribution in [0.5, 0.6) is 0 Å². The van der Waals surface area contributed by atoms with Gasteiger partial charge in [-0.2, -0.15) is 4.37 Å². The lowest BCUT2D eigenvalue weighted by Crippen LogP contribution is -2.35. The molecule has 0 aliphatic heterocycles. The fraction of sp³-hybridized carbons (Fsp3) is 0.571. The van der Waals surface area contributed by atoms with Gasteiger partial charge in [0.1, 0.15) is 0 Å². The highest BCUT2D eigenvalue weighted by Crippen LogP contribution is 2.21. The van der Waals surface area contributed by atoms with Crippen molar-refractivity contribution in [2.75, 3.05) is 0 Å². The lowest BCUT2D eigenvalue weighted by atomic mass is 9.97. The molecule has 0 spiro atoms. The summed E-state index contributed by atoms with van der Waals surface area (Å²) in [5, 5.41) is 11.3. The van der Waals surface area contributed by atoms with Gasteiger partial charge in [0.2, 0.25) is 0 Å². The van der Waals surface area contributed by atoms with Crippen LogP contribution in [-0.2, 0) is 0 Å². The molecule has 1 heterocycles.